The number of hydrogen-bond acceptors (Lipinski definition) is 4. The number of benzene rings is 1. The topological polar surface area (TPSA) is 54.0 Å². The maximum absolute atomic E-state index is 11.5. The number of carbonyl (C=O) groups excluding carboxylic acids is 1. The lowest BCUT2D eigenvalue weighted by molar-refractivity contribution is -0.115. The van der Waals surface area contributed by atoms with Crippen molar-refractivity contribution in [3.8, 4) is 11.3 Å². The van der Waals surface area contributed by atoms with Crippen molar-refractivity contribution >= 4 is 22.4 Å². The number of thiazole rings is 1. The number of nitrogens with one attached hydrogen (secondary N) is 2. The fraction of sp³-hybridized carbons (Fsp3) is 0.286. The van der Waals surface area contributed by atoms with Crippen LogP contribution in [0, 0.1) is 13.8 Å². The first-order chi connectivity index (χ1) is 9.10. The Morgan fingerprint density at radius 2 is 2.16 bits per heavy atom. The molecule has 0 radical (unpaired) electrons. The third kappa shape index (κ3) is 3.39. The van der Waals surface area contributed by atoms with Crippen LogP contribution in [-0.4, -0.2) is 24.5 Å². The molecule has 1 aromatic carbocycles. The molecular formula is C14H17N3OS. The molecule has 2 rings (SSSR count). The Labute approximate surface area is 116 Å². The van der Waals surface area contributed by atoms with Gasteiger partial charge in [0, 0.05) is 10.9 Å². The molecule has 19 heavy (non-hydrogen) atoms. The maximum atomic E-state index is 11.5. The molecule has 0 atom stereocenters. The van der Waals surface area contributed by atoms with Crippen LogP contribution in [0.15, 0.2) is 23.6 Å². The van der Waals surface area contributed by atoms with Crippen molar-refractivity contribution in [2.24, 2.45) is 0 Å². The second kappa shape index (κ2) is 5.95. The van der Waals surface area contributed by atoms with Crippen LogP contribution in [0.25, 0.3) is 11.3 Å². The van der Waals surface area contributed by atoms with Crippen molar-refractivity contribution < 1.29 is 4.79 Å². The molecule has 0 saturated heterocycles. The van der Waals surface area contributed by atoms with E-state index in [1.807, 2.05) is 5.38 Å². The van der Waals surface area contributed by atoms with Gasteiger partial charge in [-0.3, -0.25) is 4.79 Å². The minimum absolute atomic E-state index is 0.0796. The van der Waals surface area contributed by atoms with Gasteiger partial charge in [0.25, 0.3) is 0 Å². The van der Waals surface area contributed by atoms with Crippen molar-refractivity contribution in [1.82, 2.24) is 10.3 Å². The first-order valence-corrected chi connectivity index (χ1v) is 6.95. The summed E-state index contributed by atoms with van der Waals surface area (Å²) in [5.41, 5.74) is 4.44. The highest BCUT2D eigenvalue weighted by atomic mass is 32.1. The molecule has 0 aliphatic heterocycles. The van der Waals surface area contributed by atoms with E-state index < -0.39 is 0 Å². The second-order valence-electron chi connectivity index (χ2n) is 4.43. The molecule has 5 heteroatoms. The summed E-state index contributed by atoms with van der Waals surface area (Å²) >= 11 is 1.44. The predicted octanol–water partition coefficient (Wildman–Crippen LogP) is 2.58. The Morgan fingerprint density at radius 1 is 1.37 bits per heavy atom. The number of likely N-dealkylation sites (N-methyl/N-ethyl adjacent to an activating group) is 1. The highest BCUT2D eigenvalue weighted by Crippen LogP contribution is 2.27. The molecule has 0 aliphatic rings. The van der Waals surface area contributed by atoms with E-state index in [0.717, 1.165) is 11.3 Å². The van der Waals surface area contributed by atoms with Crippen LogP contribution in [-0.2, 0) is 4.79 Å². The van der Waals surface area contributed by atoms with E-state index in [4.69, 9.17) is 0 Å². The Balaban J connectivity index is 2.18. The van der Waals surface area contributed by atoms with Gasteiger partial charge in [0.2, 0.25) is 5.91 Å². The summed E-state index contributed by atoms with van der Waals surface area (Å²) in [5, 5.41) is 8.18. The van der Waals surface area contributed by atoms with Crippen molar-refractivity contribution in [2.75, 3.05) is 18.9 Å². The molecule has 0 fully saturated rings. The van der Waals surface area contributed by atoms with Crippen LogP contribution in [0.3, 0.4) is 0 Å². The minimum Gasteiger partial charge on any atom is -0.311 e. The number of carbonyl (C=O) groups is 1. The van der Waals surface area contributed by atoms with Crippen LogP contribution in [0.5, 0.6) is 0 Å². The molecule has 0 spiro atoms. The lowest BCUT2D eigenvalue weighted by atomic mass is 10.0. The predicted molar refractivity (Wildman–Crippen MR) is 79.6 cm³/mol. The van der Waals surface area contributed by atoms with E-state index in [1.54, 1.807) is 7.05 Å². The summed E-state index contributed by atoms with van der Waals surface area (Å²) in [7, 11) is 1.74. The zero-order valence-electron chi connectivity index (χ0n) is 11.3. The SMILES string of the molecule is CNCC(=O)Nc1nc(-c2ccc(C)cc2C)cs1. The summed E-state index contributed by atoms with van der Waals surface area (Å²) in [6, 6.07) is 6.27. The van der Waals surface area contributed by atoms with Gasteiger partial charge in [-0.15, -0.1) is 11.3 Å². The summed E-state index contributed by atoms with van der Waals surface area (Å²) in [6.07, 6.45) is 0. The van der Waals surface area contributed by atoms with Gasteiger partial charge in [0.05, 0.1) is 12.2 Å². The second-order valence-corrected chi connectivity index (χ2v) is 5.29. The third-order valence-corrected chi connectivity index (χ3v) is 3.50. The summed E-state index contributed by atoms with van der Waals surface area (Å²) < 4.78 is 0. The number of anilines is 1. The molecular weight excluding hydrogens is 258 g/mol. The first-order valence-electron chi connectivity index (χ1n) is 6.07. The molecule has 2 aromatic rings. The van der Waals surface area contributed by atoms with Gasteiger partial charge >= 0.3 is 0 Å². The average molecular weight is 275 g/mol. The molecule has 4 nitrogen and oxygen atoms in total. The number of aromatic nitrogens is 1. The van der Waals surface area contributed by atoms with Crippen LogP contribution in [0.2, 0.25) is 0 Å². The van der Waals surface area contributed by atoms with Crippen LogP contribution >= 0.6 is 11.3 Å². The van der Waals surface area contributed by atoms with E-state index in [0.29, 0.717) is 11.7 Å². The Hall–Kier alpha value is -1.72. The van der Waals surface area contributed by atoms with E-state index in [2.05, 4.69) is 47.7 Å². The van der Waals surface area contributed by atoms with Gasteiger partial charge < -0.3 is 10.6 Å². The number of hydrogen-bond donors (Lipinski definition) is 2. The van der Waals surface area contributed by atoms with Crippen LogP contribution < -0.4 is 10.6 Å². The number of aryl methyl sites for hydroxylation is 2. The monoisotopic (exact) mass is 275 g/mol. The van der Waals surface area contributed by atoms with Crippen LogP contribution in [0.1, 0.15) is 11.1 Å². The summed E-state index contributed by atoms with van der Waals surface area (Å²) in [5.74, 6) is -0.0796. The Kier molecular flexibility index (Phi) is 4.29. The van der Waals surface area contributed by atoms with E-state index in [1.165, 1.54) is 22.5 Å². The lowest BCUT2D eigenvalue weighted by Crippen LogP contribution is -2.24. The van der Waals surface area contributed by atoms with Crippen LogP contribution in [0.4, 0.5) is 5.13 Å². The quantitative estimate of drug-likeness (QED) is 0.901. The van der Waals surface area contributed by atoms with Crippen molar-refractivity contribution in [2.45, 2.75) is 13.8 Å². The first kappa shape index (κ1) is 13.7. The van der Waals surface area contributed by atoms with E-state index >= 15 is 0 Å². The van der Waals surface area contributed by atoms with Gasteiger partial charge in [-0.1, -0.05) is 23.8 Å². The highest BCUT2D eigenvalue weighted by molar-refractivity contribution is 7.14. The number of amides is 1. The van der Waals surface area contributed by atoms with Crippen molar-refractivity contribution in [3.05, 3.63) is 34.7 Å². The number of rotatable bonds is 4. The normalized spacial score (nSPS) is 10.5. The molecule has 0 aliphatic carbocycles. The summed E-state index contributed by atoms with van der Waals surface area (Å²) in [4.78, 5) is 15.9. The van der Waals surface area contributed by atoms with E-state index in [-0.39, 0.29) is 5.91 Å². The standard InChI is InChI=1S/C14H17N3OS/c1-9-4-5-11(10(2)6-9)12-8-19-14(16-12)17-13(18)7-15-3/h4-6,8,15H,7H2,1-3H3,(H,16,17,18). The summed E-state index contributed by atoms with van der Waals surface area (Å²) in [6.45, 7) is 4.43. The molecule has 2 N–H and O–H groups in total. The largest absolute Gasteiger partial charge is 0.311 e. The maximum Gasteiger partial charge on any atom is 0.240 e. The van der Waals surface area contributed by atoms with Gasteiger partial charge in [-0.2, -0.15) is 0 Å². The van der Waals surface area contributed by atoms with E-state index in [9.17, 15) is 4.79 Å². The van der Waals surface area contributed by atoms with Gasteiger partial charge in [0.1, 0.15) is 0 Å². The van der Waals surface area contributed by atoms with Gasteiger partial charge in [-0.25, -0.2) is 4.98 Å². The fourth-order valence-electron chi connectivity index (χ4n) is 1.88. The highest BCUT2D eigenvalue weighted by Gasteiger charge is 2.09. The molecule has 1 aromatic heterocycles. The molecule has 0 bridgehead atoms. The zero-order valence-corrected chi connectivity index (χ0v) is 12.1. The zero-order chi connectivity index (χ0) is 13.8. The smallest absolute Gasteiger partial charge is 0.240 e. The lowest BCUT2D eigenvalue weighted by Gasteiger charge is -2.03. The van der Waals surface area contributed by atoms with Crippen molar-refractivity contribution in [3.63, 3.8) is 0 Å². The Morgan fingerprint density at radius 3 is 2.84 bits per heavy atom. The Bertz CT molecular complexity index is 592. The molecule has 1 heterocycles. The minimum atomic E-state index is -0.0796. The molecule has 0 saturated carbocycles. The third-order valence-electron chi connectivity index (χ3n) is 2.75. The molecule has 1 amide bonds. The van der Waals surface area contributed by atoms with Gasteiger partial charge in [-0.05, 0) is 26.5 Å². The number of nitrogens with zero attached hydrogens (tertiary/aromatic N) is 1. The molecule has 0 unspecified atom stereocenters. The average Bonchev–Trinajstić information content (AvgIpc) is 2.77. The van der Waals surface area contributed by atoms with Crippen molar-refractivity contribution in [1.29, 1.82) is 0 Å². The van der Waals surface area contributed by atoms with Gasteiger partial charge in [0.15, 0.2) is 5.13 Å². The molecule has 100 valence electrons. The fourth-order valence-corrected chi connectivity index (χ4v) is 2.61.